The van der Waals surface area contributed by atoms with E-state index in [1.807, 2.05) is 11.8 Å². The van der Waals surface area contributed by atoms with Crippen molar-refractivity contribution < 1.29 is 9.18 Å². The van der Waals surface area contributed by atoms with Gasteiger partial charge in [-0.2, -0.15) is 0 Å². The molecule has 112 valence electrons. The Kier molecular flexibility index (Phi) is 6.45. The zero-order chi connectivity index (χ0) is 15.1. The highest BCUT2D eigenvalue weighted by Crippen LogP contribution is 2.17. The van der Waals surface area contributed by atoms with E-state index in [0.29, 0.717) is 11.6 Å². The minimum Gasteiger partial charge on any atom is -0.399 e. The van der Waals surface area contributed by atoms with Crippen molar-refractivity contribution in [1.82, 2.24) is 4.90 Å². The van der Waals surface area contributed by atoms with E-state index in [1.54, 1.807) is 0 Å². The van der Waals surface area contributed by atoms with Crippen LogP contribution in [-0.4, -0.2) is 30.4 Å². The van der Waals surface area contributed by atoms with E-state index in [-0.39, 0.29) is 18.1 Å². The van der Waals surface area contributed by atoms with E-state index in [0.717, 1.165) is 19.5 Å². The van der Waals surface area contributed by atoms with E-state index >= 15 is 0 Å². The van der Waals surface area contributed by atoms with Crippen molar-refractivity contribution in [3.05, 3.63) is 24.0 Å². The van der Waals surface area contributed by atoms with Crippen molar-refractivity contribution in [2.45, 2.75) is 27.2 Å². The first kappa shape index (κ1) is 16.4. The topological polar surface area (TPSA) is 58.4 Å². The molecular weight excluding hydrogens is 257 g/mol. The lowest BCUT2D eigenvalue weighted by Gasteiger charge is -2.23. The number of halogens is 1. The van der Waals surface area contributed by atoms with Gasteiger partial charge in [0, 0.05) is 12.2 Å². The molecule has 0 heterocycles. The van der Waals surface area contributed by atoms with Crippen LogP contribution in [0.15, 0.2) is 18.2 Å². The molecular formula is C15H24FN3O. The van der Waals surface area contributed by atoms with Crippen molar-refractivity contribution in [2.24, 2.45) is 5.92 Å². The number of carbonyl (C=O) groups is 1. The molecule has 0 saturated carbocycles. The summed E-state index contributed by atoms with van der Waals surface area (Å²) in [7, 11) is 0. The molecule has 1 aromatic rings. The van der Waals surface area contributed by atoms with Gasteiger partial charge < -0.3 is 11.1 Å². The van der Waals surface area contributed by atoms with Crippen molar-refractivity contribution in [3.63, 3.8) is 0 Å². The lowest BCUT2D eigenvalue weighted by molar-refractivity contribution is -0.117. The number of amides is 1. The summed E-state index contributed by atoms with van der Waals surface area (Å²) in [6, 6.07) is 4.14. The Morgan fingerprint density at radius 3 is 2.75 bits per heavy atom. The second-order valence-corrected chi connectivity index (χ2v) is 5.13. The van der Waals surface area contributed by atoms with Gasteiger partial charge in [-0.05, 0) is 30.7 Å². The Bertz CT molecular complexity index is 451. The number of likely N-dealkylation sites (N-methyl/N-ethyl adjacent to an activating group) is 1. The lowest BCUT2D eigenvalue weighted by Crippen LogP contribution is -2.36. The summed E-state index contributed by atoms with van der Waals surface area (Å²) in [5.74, 6) is -0.163. The summed E-state index contributed by atoms with van der Waals surface area (Å²) < 4.78 is 13.5. The van der Waals surface area contributed by atoms with Gasteiger partial charge >= 0.3 is 0 Å². The Morgan fingerprint density at radius 1 is 1.45 bits per heavy atom. The highest BCUT2D eigenvalue weighted by molar-refractivity contribution is 5.92. The average molecular weight is 281 g/mol. The number of nitrogens with zero attached hydrogens (tertiary/aromatic N) is 1. The number of anilines is 2. The molecule has 0 aliphatic carbocycles. The fourth-order valence-corrected chi connectivity index (χ4v) is 1.91. The summed E-state index contributed by atoms with van der Waals surface area (Å²) in [5, 5.41) is 2.57. The molecule has 0 aliphatic heterocycles. The molecule has 1 atom stereocenters. The normalized spacial score (nSPS) is 12.4. The van der Waals surface area contributed by atoms with Crippen LogP contribution in [0.4, 0.5) is 15.8 Å². The number of benzene rings is 1. The van der Waals surface area contributed by atoms with Gasteiger partial charge in [-0.1, -0.05) is 27.2 Å². The van der Waals surface area contributed by atoms with Crippen LogP contribution in [0.1, 0.15) is 27.2 Å². The smallest absolute Gasteiger partial charge is 0.238 e. The summed E-state index contributed by atoms with van der Waals surface area (Å²) in [4.78, 5) is 14.0. The Balaban J connectivity index is 2.59. The van der Waals surface area contributed by atoms with Crippen molar-refractivity contribution in [1.29, 1.82) is 0 Å². The summed E-state index contributed by atoms with van der Waals surface area (Å²) in [6.07, 6.45) is 1.07. The molecule has 0 aliphatic rings. The number of hydrogen-bond donors (Lipinski definition) is 2. The van der Waals surface area contributed by atoms with E-state index in [1.165, 1.54) is 18.2 Å². The average Bonchev–Trinajstić information content (AvgIpc) is 2.41. The first-order valence-corrected chi connectivity index (χ1v) is 7.03. The van der Waals surface area contributed by atoms with Crippen LogP contribution >= 0.6 is 0 Å². The number of nitrogens with two attached hydrogens (primary N) is 1. The number of nitrogen functional groups attached to an aromatic ring is 1. The minimum absolute atomic E-state index is 0.134. The molecule has 0 spiro atoms. The van der Waals surface area contributed by atoms with Crippen molar-refractivity contribution >= 4 is 17.3 Å². The minimum atomic E-state index is -0.475. The number of nitrogens with one attached hydrogen (secondary N) is 1. The third kappa shape index (κ3) is 5.17. The van der Waals surface area contributed by atoms with Gasteiger partial charge in [-0.15, -0.1) is 0 Å². The molecule has 0 fully saturated rings. The van der Waals surface area contributed by atoms with E-state index < -0.39 is 5.82 Å². The van der Waals surface area contributed by atoms with E-state index in [2.05, 4.69) is 19.2 Å². The molecule has 0 radical (unpaired) electrons. The van der Waals surface area contributed by atoms with Gasteiger partial charge in [-0.3, -0.25) is 9.69 Å². The fraction of sp³-hybridized carbons (Fsp3) is 0.533. The zero-order valence-electron chi connectivity index (χ0n) is 12.4. The van der Waals surface area contributed by atoms with Crippen LogP contribution in [0.3, 0.4) is 0 Å². The summed E-state index contributed by atoms with van der Waals surface area (Å²) in [6.45, 7) is 8.20. The molecule has 3 N–H and O–H groups in total. The molecule has 1 unspecified atom stereocenters. The first-order valence-electron chi connectivity index (χ1n) is 7.03. The Labute approximate surface area is 120 Å². The largest absolute Gasteiger partial charge is 0.399 e. The van der Waals surface area contributed by atoms with Gasteiger partial charge in [0.2, 0.25) is 5.91 Å². The van der Waals surface area contributed by atoms with Gasteiger partial charge in [0.1, 0.15) is 5.82 Å². The summed E-state index contributed by atoms with van der Waals surface area (Å²) in [5.41, 5.74) is 6.14. The maximum absolute atomic E-state index is 13.5. The van der Waals surface area contributed by atoms with Crippen molar-refractivity contribution in [2.75, 3.05) is 30.7 Å². The maximum atomic E-state index is 13.5. The monoisotopic (exact) mass is 281 g/mol. The first-order chi connectivity index (χ1) is 9.46. The van der Waals surface area contributed by atoms with Crippen LogP contribution in [0.2, 0.25) is 0 Å². The fourth-order valence-electron chi connectivity index (χ4n) is 1.91. The highest BCUT2D eigenvalue weighted by Gasteiger charge is 2.13. The van der Waals surface area contributed by atoms with Gasteiger partial charge in [0.05, 0.1) is 12.2 Å². The van der Waals surface area contributed by atoms with Crippen molar-refractivity contribution in [3.8, 4) is 0 Å². The highest BCUT2D eigenvalue weighted by atomic mass is 19.1. The van der Waals surface area contributed by atoms with Crippen LogP contribution in [0, 0.1) is 11.7 Å². The predicted molar refractivity (Wildman–Crippen MR) is 81.0 cm³/mol. The van der Waals surface area contributed by atoms with Gasteiger partial charge in [-0.25, -0.2) is 4.39 Å². The third-order valence-electron chi connectivity index (χ3n) is 3.35. The standard InChI is InChI=1S/C15H24FN3O/c1-4-11(3)9-19(5-2)10-15(20)18-14-8-12(17)6-7-13(14)16/h6-8,11H,4-5,9-10,17H2,1-3H3,(H,18,20). The SMILES string of the molecule is CCC(C)CN(CC)CC(=O)Nc1cc(N)ccc1F. The number of rotatable bonds is 7. The second kappa shape index (κ2) is 7.85. The second-order valence-electron chi connectivity index (χ2n) is 5.13. The van der Waals surface area contributed by atoms with E-state index in [9.17, 15) is 9.18 Å². The molecule has 0 saturated heterocycles. The van der Waals surface area contributed by atoms with Gasteiger partial charge in [0.25, 0.3) is 0 Å². The molecule has 1 aromatic carbocycles. The van der Waals surface area contributed by atoms with E-state index in [4.69, 9.17) is 5.73 Å². The maximum Gasteiger partial charge on any atom is 0.238 e. The lowest BCUT2D eigenvalue weighted by atomic mass is 10.1. The van der Waals surface area contributed by atoms with Gasteiger partial charge in [0.15, 0.2) is 0 Å². The zero-order valence-corrected chi connectivity index (χ0v) is 12.4. The van der Waals surface area contributed by atoms with Crippen LogP contribution in [0.25, 0.3) is 0 Å². The molecule has 1 rings (SSSR count). The molecule has 20 heavy (non-hydrogen) atoms. The Morgan fingerprint density at radius 2 is 2.15 bits per heavy atom. The Hall–Kier alpha value is -1.62. The number of carbonyl (C=O) groups excluding carboxylic acids is 1. The molecule has 4 nitrogen and oxygen atoms in total. The number of hydrogen-bond acceptors (Lipinski definition) is 3. The van der Waals surface area contributed by atoms with Crippen LogP contribution in [-0.2, 0) is 4.79 Å². The molecule has 5 heteroatoms. The molecule has 0 aromatic heterocycles. The predicted octanol–water partition coefficient (Wildman–Crippen LogP) is 2.71. The molecule has 1 amide bonds. The van der Waals surface area contributed by atoms with Crippen LogP contribution < -0.4 is 11.1 Å². The third-order valence-corrected chi connectivity index (χ3v) is 3.35. The van der Waals surface area contributed by atoms with Crippen LogP contribution in [0.5, 0.6) is 0 Å². The quantitative estimate of drug-likeness (QED) is 0.756. The summed E-state index contributed by atoms with van der Waals surface area (Å²) >= 11 is 0. The molecule has 0 bridgehead atoms.